The van der Waals surface area contributed by atoms with Gasteiger partial charge in [-0.25, -0.2) is 23.4 Å². The van der Waals surface area contributed by atoms with E-state index in [1.54, 1.807) is 45.1 Å². The van der Waals surface area contributed by atoms with Crippen LogP contribution in [0, 0.1) is 18.6 Å². The molecule has 4 amide bonds. The number of nitrogens with one attached hydrogen (secondary N) is 4. The number of hydrogen-bond donors (Lipinski definition) is 4. The van der Waals surface area contributed by atoms with Gasteiger partial charge in [0.05, 0.1) is 24.8 Å². The number of likely N-dealkylation sites (tertiary alicyclic amines) is 1. The molecule has 254 valence electrons. The Morgan fingerprint density at radius 1 is 1.08 bits per heavy atom. The lowest BCUT2D eigenvalue weighted by molar-refractivity contribution is -0.116. The van der Waals surface area contributed by atoms with Crippen LogP contribution in [0.5, 0.6) is 0 Å². The molecule has 0 radical (unpaired) electrons. The Bertz CT molecular complexity index is 1760. The highest BCUT2D eigenvalue weighted by Gasteiger charge is 2.36. The summed E-state index contributed by atoms with van der Waals surface area (Å²) in [6.07, 6.45) is 2.35. The van der Waals surface area contributed by atoms with Crippen LogP contribution in [-0.4, -0.2) is 63.7 Å². The first-order valence-electron chi connectivity index (χ1n) is 15.2. The Morgan fingerprint density at radius 3 is 2.48 bits per heavy atom. The molecule has 4 N–H and O–H groups in total. The third kappa shape index (κ3) is 8.29. The molecule has 1 fully saturated rings. The number of ether oxygens (including phenoxy) is 2. The van der Waals surface area contributed by atoms with Gasteiger partial charge in [-0.2, -0.15) is 0 Å². The van der Waals surface area contributed by atoms with Crippen molar-refractivity contribution in [3.63, 3.8) is 0 Å². The number of benzene rings is 2. The van der Waals surface area contributed by atoms with E-state index in [1.807, 2.05) is 0 Å². The van der Waals surface area contributed by atoms with Crippen LogP contribution < -0.4 is 16.0 Å². The van der Waals surface area contributed by atoms with Crippen molar-refractivity contribution in [2.24, 2.45) is 0 Å². The Hall–Kier alpha value is -4.98. The van der Waals surface area contributed by atoms with Crippen molar-refractivity contribution < 1.29 is 37.4 Å². The van der Waals surface area contributed by atoms with E-state index in [4.69, 9.17) is 21.1 Å². The lowest BCUT2D eigenvalue weighted by Crippen LogP contribution is -2.56. The number of anilines is 2. The predicted octanol–water partition coefficient (Wildman–Crippen LogP) is 6.63. The van der Waals surface area contributed by atoms with Crippen LogP contribution in [0.4, 0.5) is 29.7 Å². The quantitative estimate of drug-likeness (QED) is 0.225. The molecule has 48 heavy (non-hydrogen) atoms. The van der Waals surface area contributed by atoms with Crippen molar-refractivity contribution in [3.8, 4) is 11.3 Å². The number of nitrogens with zero attached hydrogens (tertiary/aromatic N) is 2. The smallest absolute Gasteiger partial charge is 0.412 e. The largest absolute Gasteiger partial charge is 0.444 e. The first-order valence-corrected chi connectivity index (χ1v) is 15.6. The Labute approximate surface area is 280 Å². The molecule has 0 aliphatic carbocycles. The molecule has 2 aliphatic heterocycles. The van der Waals surface area contributed by atoms with Crippen LogP contribution in [0.25, 0.3) is 11.3 Å². The summed E-state index contributed by atoms with van der Waals surface area (Å²) < 4.78 is 39.9. The zero-order valence-electron chi connectivity index (χ0n) is 26.7. The second kappa shape index (κ2) is 14.0. The minimum absolute atomic E-state index is 0.0770. The van der Waals surface area contributed by atoms with Crippen molar-refractivity contribution in [2.75, 3.05) is 23.7 Å². The molecule has 3 aromatic rings. The van der Waals surface area contributed by atoms with Gasteiger partial charge in [0.25, 0.3) is 5.91 Å². The molecule has 12 nitrogen and oxygen atoms in total. The number of amides is 4. The van der Waals surface area contributed by atoms with Gasteiger partial charge >= 0.3 is 12.2 Å². The summed E-state index contributed by atoms with van der Waals surface area (Å²) in [6, 6.07) is 5.95. The molecule has 0 spiro atoms. The fourth-order valence-corrected chi connectivity index (χ4v) is 5.34. The fraction of sp³-hybridized carbons (Fsp3) is 0.364. The number of aromatic nitrogens is 2. The number of imidazole rings is 1. The van der Waals surface area contributed by atoms with Gasteiger partial charge in [0, 0.05) is 17.7 Å². The van der Waals surface area contributed by atoms with E-state index in [0.717, 1.165) is 12.1 Å². The molecule has 1 aromatic heterocycles. The monoisotopic (exact) mass is 684 g/mol. The molecule has 2 aliphatic rings. The molecule has 0 saturated carbocycles. The predicted molar refractivity (Wildman–Crippen MR) is 174 cm³/mol. The summed E-state index contributed by atoms with van der Waals surface area (Å²) in [6.45, 7) is 7.17. The number of aryl methyl sites for hydroxylation is 1. The van der Waals surface area contributed by atoms with Crippen LogP contribution in [0.15, 0.2) is 42.5 Å². The minimum Gasteiger partial charge on any atom is -0.444 e. The highest BCUT2D eigenvalue weighted by molar-refractivity contribution is 6.32. The summed E-state index contributed by atoms with van der Waals surface area (Å²) in [5.74, 6) is -3.07. The molecule has 3 heterocycles. The van der Waals surface area contributed by atoms with Crippen LogP contribution >= 0.6 is 11.6 Å². The van der Waals surface area contributed by atoms with Crippen molar-refractivity contribution in [1.29, 1.82) is 0 Å². The van der Waals surface area contributed by atoms with Gasteiger partial charge in [-0.3, -0.25) is 14.9 Å². The van der Waals surface area contributed by atoms with E-state index >= 15 is 0 Å². The van der Waals surface area contributed by atoms with Gasteiger partial charge in [0.1, 0.15) is 45.6 Å². The molecule has 0 unspecified atom stereocenters. The lowest BCUT2D eigenvalue weighted by atomic mass is 10.1. The zero-order valence-corrected chi connectivity index (χ0v) is 27.5. The molecular formula is C33H35ClF2N6O6. The van der Waals surface area contributed by atoms with Crippen LogP contribution in [0.3, 0.4) is 0 Å². The van der Waals surface area contributed by atoms with Gasteiger partial charge in [0.15, 0.2) is 0 Å². The summed E-state index contributed by atoms with van der Waals surface area (Å²) in [7, 11) is 0. The Morgan fingerprint density at radius 2 is 1.79 bits per heavy atom. The molecular weight excluding hydrogens is 650 g/mol. The SMILES string of the molecule is Cc1cc(F)c(C(=O)N[C@H]2C/C=C\CCC(=O)Nc3cc(NC(=O)OC4CN(C(=O)OC(C)(C)C)C4)ccc3-c3nc2[nH]c3Cl)c(F)c1. The van der Waals surface area contributed by atoms with Crippen LogP contribution in [0.2, 0.25) is 5.15 Å². The van der Waals surface area contributed by atoms with Gasteiger partial charge in [-0.15, -0.1) is 0 Å². The standard InChI is InChI=1S/C33H35ClF2N6O6/c1-17-12-21(35)26(22(36)13-17)30(44)39-23-8-6-5-7-9-25(43)38-24-14-18(10-11-20(24)27-28(34)41-29(23)40-27)37-31(45)47-19-15-42(16-19)32(46)48-33(2,3)4/h5-6,10-14,19,23H,7-9,15-16H2,1-4H3,(H,37,45)(H,38,43)(H,39,44)(H,40,41)/b6-5-/t23-/m0/s1. The number of rotatable bonds is 4. The number of aromatic amines is 1. The maximum atomic E-state index is 14.6. The van der Waals surface area contributed by atoms with E-state index in [-0.39, 0.29) is 54.2 Å². The number of fused-ring (bicyclic) bond motifs is 4. The molecule has 15 heteroatoms. The highest BCUT2D eigenvalue weighted by atomic mass is 35.5. The fourth-order valence-electron chi connectivity index (χ4n) is 5.09. The number of carbonyl (C=O) groups is 4. The summed E-state index contributed by atoms with van der Waals surface area (Å²) >= 11 is 6.57. The number of hydrogen-bond acceptors (Lipinski definition) is 7. The first kappa shape index (κ1) is 34.4. The zero-order chi connectivity index (χ0) is 34.7. The van der Waals surface area contributed by atoms with Crippen molar-refractivity contribution >= 4 is 47.0 Å². The number of allylic oxidation sites excluding steroid dienone is 1. The van der Waals surface area contributed by atoms with Gasteiger partial charge in [-0.1, -0.05) is 23.8 Å². The summed E-state index contributed by atoms with van der Waals surface area (Å²) in [5, 5.41) is 8.17. The summed E-state index contributed by atoms with van der Waals surface area (Å²) in [4.78, 5) is 59.7. The van der Waals surface area contributed by atoms with E-state index in [9.17, 15) is 28.0 Å². The second-order valence-electron chi connectivity index (χ2n) is 12.5. The van der Waals surface area contributed by atoms with E-state index in [1.165, 1.54) is 17.9 Å². The minimum atomic E-state index is -0.995. The molecule has 1 saturated heterocycles. The first-order chi connectivity index (χ1) is 22.7. The third-order valence-electron chi connectivity index (χ3n) is 7.37. The van der Waals surface area contributed by atoms with Gasteiger partial charge in [0.2, 0.25) is 5.91 Å². The highest BCUT2D eigenvalue weighted by Crippen LogP contribution is 2.36. The van der Waals surface area contributed by atoms with Gasteiger partial charge < -0.3 is 30.0 Å². The van der Waals surface area contributed by atoms with E-state index < -0.39 is 53.0 Å². The van der Waals surface area contributed by atoms with Crippen molar-refractivity contribution in [2.45, 2.75) is 64.7 Å². The second-order valence-corrected chi connectivity index (χ2v) is 12.9. The topological polar surface area (TPSA) is 155 Å². The lowest BCUT2D eigenvalue weighted by Gasteiger charge is -2.38. The Balaban J connectivity index is 1.34. The van der Waals surface area contributed by atoms with Crippen molar-refractivity contribution in [1.82, 2.24) is 20.2 Å². The van der Waals surface area contributed by atoms with E-state index in [0.29, 0.717) is 23.2 Å². The van der Waals surface area contributed by atoms with Crippen LogP contribution in [0.1, 0.15) is 67.8 Å². The normalized spacial score (nSPS) is 17.4. The summed E-state index contributed by atoms with van der Waals surface area (Å²) in [5.41, 5.74) is 0.168. The average Bonchev–Trinajstić information content (AvgIpc) is 3.33. The van der Waals surface area contributed by atoms with Crippen LogP contribution in [-0.2, 0) is 14.3 Å². The average molecular weight is 685 g/mol. The number of H-pyrrole nitrogens is 1. The number of carbonyl (C=O) groups excluding carboxylic acids is 4. The molecule has 2 bridgehead atoms. The maximum absolute atomic E-state index is 14.6. The van der Waals surface area contributed by atoms with Gasteiger partial charge in [-0.05, 0) is 76.4 Å². The third-order valence-corrected chi connectivity index (χ3v) is 7.65. The molecule has 5 rings (SSSR count). The molecule has 2 aromatic carbocycles. The molecule has 1 atom stereocenters. The Kier molecular flexibility index (Phi) is 10.0. The van der Waals surface area contributed by atoms with E-state index in [2.05, 4.69) is 25.9 Å². The maximum Gasteiger partial charge on any atom is 0.412 e. The van der Waals surface area contributed by atoms with Crippen molar-refractivity contribution in [3.05, 3.63) is 76.2 Å². The number of halogens is 3.